The number of halogens is 3. The molecule has 0 saturated carbocycles. The number of hydrogen-bond donors (Lipinski definition) is 0. The van der Waals surface area contributed by atoms with Crippen molar-refractivity contribution in [3.05, 3.63) is 29.8 Å². The SMILES string of the molecule is COc1ccc(C[C@@H]2CN(CCCC(F)(F)F)CCO2)cc1. The van der Waals surface area contributed by atoms with Crippen molar-refractivity contribution in [2.75, 3.05) is 33.4 Å². The summed E-state index contributed by atoms with van der Waals surface area (Å²) in [6.45, 7) is 2.44. The first-order chi connectivity index (χ1) is 10.5. The molecule has 1 aliphatic rings. The molecule has 0 bridgehead atoms. The fourth-order valence-corrected chi connectivity index (χ4v) is 2.63. The highest BCUT2D eigenvalue weighted by Crippen LogP contribution is 2.22. The molecule has 0 amide bonds. The molecule has 1 atom stereocenters. The van der Waals surface area contributed by atoms with E-state index >= 15 is 0 Å². The Bertz CT molecular complexity index is 448. The molecule has 0 aliphatic carbocycles. The number of rotatable bonds is 6. The molecule has 0 spiro atoms. The van der Waals surface area contributed by atoms with Gasteiger partial charge in [-0.25, -0.2) is 0 Å². The zero-order valence-electron chi connectivity index (χ0n) is 12.7. The van der Waals surface area contributed by atoms with Crippen LogP contribution in [0.3, 0.4) is 0 Å². The molecule has 0 N–H and O–H groups in total. The maximum atomic E-state index is 12.2. The monoisotopic (exact) mass is 317 g/mol. The highest BCUT2D eigenvalue weighted by Gasteiger charge is 2.27. The summed E-state index contributed by atoms with van der Waals surface area (Å²) in [4.78, 5) is 2.06. The maximum Gasteiger partial charge on any atom is 0.389 e. The third-order valence-electron chi connectivity index (χ3n) is 3.78. The van der Waals surface area contributed by atoms with E-state index in [9.17, 15) is 13.2 Å². The van der Waals surface area contributed by atoms with E-state index in [2.05, 4.69) is 4.90 Å². The average Bonchev–Trinajstić information content (AvgIpc) is 2.47. The van der Waals surface area contributed by atoms with Gasteiger partial charge >= 0.3 is 6.18 Å². The van der Waals surface area contributed by atoms with Crippen LogP contribution in [0.15, 0.2) is 24.3 Å². The van der Waals surface area contributed by atoms with E-state index in [0.29, 0.717) is 26.2 Å². The zero-order chi connectivity index (χ0) is 16.0. The predicted molar refractivity (Wildman–Crippen MR) is 78.2 cm³/mol. The first-order valence-electron chi connectivity index (χ1n) is 7.50. The van der Waals surface area contributed by atoms with E-state index in [1.807, 2.05) is 24.3 Å². The van der Waals surface area contributed by atoms with Gasteiger partial charge in [-0.1, -0.05) is 12.1 Å². The molecule has 1 aromatic carbocycles. The van der Waals surface area contributed by atoms with Gasteiger partial charge in [0.1, 0.15) is 5.75 Å². The summed E-state index contributed by atoms with van der Waals surface area (Å²) >= 11 is 0. The molecular formula is C16H22F3NO2. The fourth-order valence-electron chi connectivity index (χ4n) is 2.63. The molecule has 6 heteroatoms. The van der Waals surface area contributed by atoms with Crippen molar-refractivity contribution in [3.63, 3.8) is 0 Å². The number of nitrogens with zero attached hydrogens (tertiary/aromatic N) is 1. The van der Waals surface area contributed by atoms with Crippen LogP contribution in [0.5, 0.6) is 5.75 Å². The minimum absolute atomic E-state index is 0.0352. The standard InChI is InChI=1S/C16H22F3NO2/c1-21-14-5-3-13(4-6-14)11-15-12-20(9-10-22-15)8-2-7-16(17,18)19/h3-6,15H,2,7-12H2,1H3/t15-/m1/s1. The third-order valence-corrected chi connectivity index (χ3v) is 3.78. The lowest BCUT2D eigenvalue weighted by Gasteiger charge is -2.33. The smallest absolute Gasteiger partial charge is 0.389 e. The minimum atomic E-state index is -4.06. The predicted octanol–water partition coefficient (Wildman–Crippen LogP) is 3.28. The van der Waals surface area contributed by atoms with Crippen molar-refractivity contribution in [1.82, 2.24) is 4.90 Å². The lowest BCUT2D eigenvalue weighted by molar-refractivity contribution is -0.137. The molecule has 0 radical (unpaired) electrons. The van der Waals surface area contributed by atoms with Crippen LogP contribution in [0.25, 0.3) is 0 Å². The Labute approximate surface area is 129 Å². The molecule has 22 heavy (non-hydrogen) atoms. The molecule has 1 aliphatic heterocycles. The second kappa shape index (κ2) is 7.83. The zero-order valence-corrected chi connectivity index (χ0v) is 12.7. The highest BCUT2D eigenvalue weighted by molar-refractivity contribution is 5.27. The molecule has 1 saturated heterocycles. The maximum absolute atomic E-state index is 12.2. The number of methoxy groups -OCH3 is 1. The van der Waals surface area contributed by atoms with E-state index in [1.165, 1.54) is 0 Å². The van der Waals surface area contributed by atoms with Crippen molar-refractivity contribution in [1.29, 1.82) is 0 Å². The molecule has 124 valence electrons. The van der Waals surface area contributed by atoms with Crippen molar-refractivity contribution in [3.8, 4) is 5.75 Å². The van der Waals surface area contributed by atoms with Crippen LogP contribution in [0.2, 0.25) is 0 Å². The van der Waals surface area contributed by atoms with Crippen LogP contribution in [0, 0.1) is 0 Å². The lowest BCUT2D eigenvalue weighted by Crippen LogP contribution is -2.43. The molecule has 1 heterocycles. The van der Waals surface area contributed by atoms with Gasteiger partial charge in [0.25, 0.3) is 0 Å². The van der Waals surface area contributed by atoms with Gasteiger partial charge in [-0.3, -0.25) is 4.90 Å². The Hall–Kier alpha value is -1.27. The Kier molecular flexibility index (Phi) is 6.08. The number of benzene rings is 1. The van der Waals surface area contributed by atoms with Crippen LogP contribution >= 0.6 is 0 Å². The van der Waals surface area contributed by atoms with Crippen LogP contribution in [-0.2, 0) is 11.2 Å². The van der Waals surface area contributed by atoms with Gasteiger partial charge in [-0.05, 0) is 37.1 Å². The largest absolute Gasteiger partial charge is 0.497 e. The number of alkyl halides is 3. The Morgan fingerprint density at radius 2 is 2.00 bits per heavy atom. The van der Waals surface area contributed by atoms with E-state index in [0.717, 1.165) is 17.7 Å². The van der Waals surface area contributed by atoms with Crippen LogP contribution in [-0.4, -0.2) is 50.5 Å². The van der Waals surface area contributed by atoms with Gasteiger partial charge in [0, 0.05) is 19.5 Å². The van der Waals surface area contributed by atoms with Gasteiger partial charge < -0.3 is 9.47 Å². The van der Waals surface area contributed by atoms with Crippen molar-refractivity contribution in [2.45, 2.75) is 31.5 Å². The summed E-state index contributed by atoms with van der Waals surface area (Å²) in [5.41, 5.74) is 1.14. The topological polar surface area (TPSA) is 21.7 Å². The fraction of sp³-hybridized carbons (Fsp3) is 0.625. The molecule has 0 aromatic heterocycles. The summed E-state index contributed by atoms with van der Waals surface area (Å²) < 4.78 is 47.4. The third kappa shape index (κ3) is 5.85. The van der Waals surface area contributed by atoms with Gasteiger partial charge in [0.2, 0.25) is 0 Å². The highest BCUT2D eigenvalue weighted by atomic mass is 19.4. The second-order valence-corrected chi connectivity index (χ2v) is 5.56. The van der Waals surface area contributed by atoms with Crippen LogP contribution in [0.1, 0.15) is 18.4 Å². The number of ether oxygens (including phenoxy) is 2. The normalized spacial score (nSPS) is 20.1. The molecule has 1 aromatic rings. The second-order valence-electron chi connectivity index (χ2n) is 5.56. The number of hydrogen-bond acceptors (Lipinski definition) is 3. The van der Waals surface area contributed by atoms with Crippen LogP contribution < -0.4 is 4.74 Å². The van der Waals surface area contributed by atoms with Gasteiger partial charge in [0.05, 0.1) is 19.8 Å². The van der Waals surface area contributed by atoms with Gasteiger partial charge in [-0.15, -0.1) is 0 Å². The Morgan fingerprint density at radius 1 is 1.27 bits per heavy atom. The first-order valence-corrected chi connectivity index (χ1v) is 7.50. The molecule has 0 unspecified atom stereocenters. The van der Waals surface area contributed by atoms with Gasteiger partial charge in [-0.2, -0.15) is 13.2 Å². The Morgan fingerprint density at radius 3 is 2.64 bits per heavy atom. The van der Waals surface area contributed by atoms with E-state index in [4.69, 9.17) is 9.47 Å². The summed E-state index contributed by atoms with van der Waals surface area (Å²) in [5, 5.41) is 0. The summed E-state index contributed by atoms with van der Waals surface area (Å²) in [6.07, 6.45) is -3.83. The van der Waals surface area contributed by atoms with Crippen molar-refractivity contribution in [2.24, 2.45) is 0 Å². The van der Waals surface area contributed by atoms with Gasteiger partial charge in [0.15, 0.2) is 0 Å². The number of morpholine rings is 1. The Balaban J connectivity index is 1.77. The lowest BCUT2D eigenvalue weighted by atomic mass is 10.1. The quantitative estimate of drug-likeness (QED) is 0.804. The molecule has 1 fully saturated rings. The molecule has 2 rings (SSSR count). The molecular weight excluding hydrogens is 295 g/mol. The molecule has 3 nitrogen and oxygen atoms in total. The van der Waals surface area contributed by atoms with Crippen molar-refractivity contribution < 1.29 is 22.6 Å². The summed E-state index contributed by atoms with van der Waals surface area (Å²) in [7, 11) is 1.62. The van der Waals surface area contributed by atoms with E-state index < -0.39 is 12.6 Å². The average molecular weight is 317 g/mol. The van der Waals surface area contributed by atoms with Crippen LogP contribution in [0.4, 0.5) is 13.2 Å². The van der Waals surface area contributed by atoms with E-state index in [-0.39, 0.29) is 12.5 Å². The van der Waals surface area contributed by atoms with Crippen molar-refractivity contribution >= 4 is 0 Å². The van der Waals surface area contributed by atoms with E-state index in [1.54, 1.807) is 7.11 Å². The minimum Gasteiger partial charge on any atom is -0.497 e. The summed E-state index contributed by atoms with van der Waals surface area (Å²) in [5.74, 6) is 0.807. The summed E-state index contributed by atoms with van der Waals surface area (Å²) in [6, 6.07) is 7.79. The first kappa shape index (κ1) is 17.1.